The normalized spacial score (nSPS) is 15.0. The fourth-order valence-corrected chi connectivity index (χ4v) is 0.976. The lowest BCUT2D eigenvalue weighted by atomic mass is 10.2. The number of nitrogens with two attached hydrogens (primary N) is 1. The van der Waals surface area contributed by atoms with E-state index in [9.17, 15) is 0 Å². The van der Waals surface area contributed by atoms with Crippen molar-refractivity contribution in [2.45, 2.75) is 20.8 Å². The van der Waals surface area contributed by atoms with Crippen LogP contribution in [0.5, 0.6) is 0 Å². The molecule has 0 aromatic heterocycles. The maximum Gasteiger partial charge on any atom is 0.151 e. The first-order chi connectivity index (χ1) is 7.56. The molecule has 0 unspecified atom stereocenters. The van der Waals surface area contributed by atoms with Crippen molar-refractivity contribution in [1.29, 1.82) is 0 Å². The van der Waals surface area contributed by atoms with Crippen LogP contribution in [0.2, 0.25) is 0 Å². The molecular formula is C11H18N4O. The average Bonchev–Trinajstić information content (AvgIpc) is 2.27. The molecule has 5 nitrogen and oxygen atoms in total. The van der Waals surface area contributed by atoms with E-state index in [0.29, 0.717) is 17.3 Å². The molecule has 0 saturated carbocycles. The summed E-state index contributed by atoms with van der Waals surface area (Å²) in [5, 5.41) is 3.63. The minimum absolute atomic E-state index is 0.514. The number of nitrogens with zero attached hydrogens (tertiary/aromatic N) is 3. The van der Waals surface area contributed by atoms with Gasteiger partial charge in [-0.05, 0) is 27.5 Å². The Morgan fingerprint density at radius 3 is 2.44 bits per heavy atom. The Bertz CT molecular complexity index is 364. The number of amidine groups is 1. The van der Waals surface area contributed by atoms with Crippen LogP contribution in [0, 0.1) is 0 Å². The Balaban J connectivity index is 4.96. The molecule has 0 rings (SSSR count). The molecule has 0 heterocycles. The summed E-state index contributed by atoms with van der Waals surface area (Å²) in [6.45, 7) is 8.76. The van der Waals surface area contributed by atoms with Crippen LogP contribution in [0.15, 0.2) is 38.2 Å². The fraction of sp³-hybridized carbons (Fsp3) is 0.364. The summed E-state index contributed by atoms with van der Waals surface area (Å²) < 4.78 is 0. The van der Waals surface area contributed by atoms with Crippen LogP contribution in [0.3, 0.4) is 0 Å². The van der Waals surface area contributed by atoms with Crippen LogP contribution < -0.4 is 5.73 Å². The van der Waals surface area contributed by atoms with Crippen molar-refractivity contribution < 1.29 is 4.84 Å². The lowest BCUT2D eigenvalue weighted by Crippen LogP contribution is -2.06. The predicted octanol–water partition coefficient (Wildman–Crippen LogP) is 1.87. The van der Waals surface area contributed by atoms with E-state index in [-0.39, 0.29) is 0 Å². The van der Waals surface area contributed by atoms with Gasteiger partial charge in [0.1, 0.15) is 5.76 Å². The van der Waals surface area contributed by atoms with Gasteiger partial charge in [0.2, 0.25) is 0 Å². The Hall–Kier alpha value is -1.91. The first-order valence-corrected chi connectivity index (χ1v) is 4.80. The minimum atomic E-state index is 0.514. The van der Waals surface area contributed by atoms with Crippen LogP contribution in [0.25, 0.3) is 0 Å². The molecule has 0 radical (unpaired) electrons. The Morgan fingerprint density at radius 2 is 2.00 bits per heavy atom. The van der Waals surface area contributed by atoms with Crippen LogP contribution in [-0.4, -0.2) is 25.8 Å². The lowest BCUT2D eigenvalue weighted by Gasteiger charge is -2.04. The maximum atomic E-state index is 5.84. The smallest absolute Gasteiger partial charge is 0.151 e. The molecule has 0 saturated heterocycles. The highest BCUT2D eigenvalue weighted by Crippen LogP contribution is 2.07. The fourth-order valence-electron chi connectivity index (χ4n) is 0.976. The summed E-state index contributed by atoms with van der Waals surface area (Å²) in [4.78, 5) is 12.7. The van der Waals surface area contributed by atoms with Gasteiger partial charge in [0, 0.05) is 30.6 Å². The topological polar surface area (TPSA) is 72.3 Å². The number of aliphatic imine (C=N–C) groups is 2. The molecular weight excluding hydrogens is 204 g/mol. The van der Waals surface area contributed by atoms with Gasteiger partial charge >= 0.3 is 0 Å². The zero-order valence-electron chi connectivity index (χ0n) is 10.2. The molecule has 2 N–H and O–H groups in total. The summed E-state index contributed by atoms with van der Waals surface area (Å²) in [5.41, 5.74) is 7.12. The molecule has 0 aliphatic rings. The highest BCUT2D eigenvalue weighted by molar-refractivity contribution is 6.01. The first-order valence-electron chi connectivity index (χ1n) is 4.80. The van der Waals surface area contributed by atoms with Crippen LogP contribution >= 0.6 is 0 Å². The molecule has 0 aliphatic carbocycles. The van der Waals surface area contributed by atoms with E-state index in [2.05, 4.69) is 21.9 Å². The lowest BCUT2D eigenvalue weighted by molar-refractivity contribution is 0.231. The molecule has 0 bridgehead atoms. The second kappa shape index (κ2) is 7.39. The van der Waals surface area contributed by atoms with Gasteiger partial charge in [-0.3, -0.25) is 4.99 Å². The molecule has 0 fully saturated rings. The van der Waals surface area contributed by atoms with Crippen molar-refractivity contribution >= 4 is 18.8 Å². The number of hydrogen-bond acceptors (Lipinski definition) is 4. The molecule has 0 atom stereocenters. The summed E-state index contributed by atoms with van der Waals surface area (Å²) in [6, 6.07) is 0. The van der Waals surface area contributed by atoms with Crippen molar-refractivity contribution in [3.63, 3.8) is 0 Å². The van der Waals surface area contributed by atoms with E-state index in [1.807, 2.05) is 6.92 Å². The van der Waals surface area contributed by atoms with Gasteiger partial charge in [-0.1, -0.05) is 5.16 Å². The average molecular weight is 222 g/mol. The van der Waals surface area contributed by atoms with Gasteiger partial charge < -0.3 is 10.6 Å². The van der Waals surface area contributed by atoms with E-state index >= 15 is 0 Å². The van der Waals surface area contributed by atoms with Crippen molar-refractivity contribution in [3.05, 3.63) is 23.1 Å². The Kier molecular flexibility index (Phi) is 6.51. The molecule has 5 heteroatoms. The Morgan fingerprint density at radius 1 is 1.38 bits per heavy atom. The summed E-state index contributed by atoms with van der Waals surface area (Å²) in [6.07, 6.45) is 3.22. The van der Waals surface area contributed by atoms with E-state index in [1.54, 1.807) is 33.2 Å². The summed E-state index contributed by atoms with van der Waals surface area (Å²) in [5.74, 6) is 1.11. The van der Waals surface area contributed by atoms with Crippen LogP contribution in [0.4, 0.5) is 0 Å². The first kappa shape index (κ1) is 14.1. The number of allylic oxidation sites excluding steroid dienone is 2. The quantitative estimate of drug-likeness (QED) is 0.259. The zero-order chi connectivity index (χ0) is 12.6. The van der Waals surface area contributed by atoms with Crippen LogP contribution in [-0.2, 0) is 4.84 Å². The number of oxime groups is 1. The molecule has 88 valence electrons. The van der Waals surface area contributed by atoms with Crippen molar-refractivity contribution in [3.8, 4) is 0 Å². The van der Waals surface area contributed by atoms with Gasteiger partial charge in [0.25, 0.3) is 0 Å². The highest BCUT2D eigenvalue weighted by atomic mass is 16.6. The predicted molar refractivity (Wildman–Crippen MR) is 68.8 cm³/mol. The van der Waals surface area contributed by atoms with Gasteiger partial charge in [0.05, 0.1) is 0 Å². The SMILES string of the molecule is C=NC(=NC)C(C)=C(N)/C=C(\C)O/N=C/C. The highest BCUT2D eigenvalue weighted by Gasteiger charge is 2.02. The molecule has 0 aliphatic heterocycles. The molecule has 0 aromatic rings. The monoisotopic (exact) mass is 222 g/mol. The minimum Gasteiger partial charge on any atom is -0.398 e. The van der Waals surface area contributed by atoms with E-state index < -0.39 is 0 Å². The number of hydrogen-bond donors (Lipinski definition) is 1. The third kappa shape index (κ3) is 4.54. The summed E-state index contributed by atoms with van der Waals surface area (Å²) >= 11 is 0. The van der Waals surface area contributed by atoms with E-state index in [4.69, 9.17) is 10.6 Å². The van der Waals surface area contributed by atoms with Gasteiger partial charge in [-0.2, -0.15) is 0 Å². The van der Waals surface area contributed by atoms with Crippen molar-refractivity contribution in [2.75, 3.05) is 7.05 Å². The zero-order valence-corrected chi connectivity index (χ0v) is 10.2. The third-order valence-electron chi connectivity index (χ3n) is 1.79. The second-order valence-corrected chi connectivity index (χ2v) is 3.00. The van der Waals surface area contributed by atoms with Gasteiger partial charge in [0.15, 0.2) is 5.84 Å². The van der Waals surface area contributed by atoms with Crippen LogP contribution in [0.1, 0.15) is 20.8 Å². The molecule has 0 spiro atoms. The van der Waals surface area contributed by atoms with Crippen molar-refractivity contribution in [1.82, 2.24) is 0 Å². The van der Waals surface area contributed by atoms with Gasteiger partial charge in [-0.15, -0.1) is 0 Å². The summed E-state index contributed by atoms with van der Waals surface area (Å²) in [7, 11) is 1.63. The van der Waals surface area contributed by atoms with E-state index in [0.717, 1.165) is 5.57 Å². The Labute approximate surface area is 96.1 Å². The second-order valence-electron chi connectivity index (χ2n) is 3.00. The number of rotatable bonds is 4. The standard InChI is InChI=1S/C11H18N4O/c1-6-15-16-8(2)7-10(12)9(3)11(13-4)14-5/h6-7H,4,12H2,1-3,5H3/b8-7+,10-9?,14-11?,15-6+. The molecule has 0 aromatic carbocycles. The van der Waals surface area contributed by atoms with Crippen molar-refractivity contribution in [2.24, 2.45) is 20.9 Å². The molecule has 16 heavy (non-hydrogen) atoms. The van der Waals surface area contributed by atoms with Gasteiger partial charge in [-0.25, -0.2) is 4.99 Å². The van der Waals surface area contributed by atoms with E-state index in [1.165, 1.54) is 0 Å². The maximum absolute atomic E-state index is 5.84. The largest absolute Gasteiger partial charge is 0.398 e. The third-order valence-corrected chi connectivity index (χ3v) is 1.79. The molecule has 0 amide bonds.